The van der Waals surface area contributed by atoms with E-state index in [0.717, 1.165) is 5.56 Å². The van der Waals surface area contributed by atoms with E-state index in [1.807, 2.05) is 37.3 Å². The van der Waals surface area contributed by atoms with Crippen LogP contribution in [0.3, 0.4) is 0 Å². The van der Waals surface area contributed by atoms with Gasteiger partial charge in [0.15, 0.2) is 6.61 Å². The summed E-state index contributed by atoms with van der Waals surface area (Å²) in [5.74, 6) is 0.438. The Kier molecular flexibility index (Phi) is 9.19. The molecule has 0 radical (unpaired) electrons. The van der Waals surface area contributed by atoms with Crippen molar-refractivity contribution in [2.24, 2.45) is 0 Å². The molecular weight excluding hydrogens is 512 g/mol. The van der Waals surface area contributed by atoms with Crippen LogP contribution in [0, 0.1) is 6.92 Å². The number of amides is 2. The Labute approximate surface area is 232 Å². The summed E-state index contributed by atoms with van der Waals surface area (Å²) in [5.41, 5.74) is 1.74. The van der Waals surface area contributed by atoms with Crippen LogP contribution >= 0.6 is 0 Å². The van der Waals surface area contributed by atoms with Crippen molar-refractivity contribution in [3.8, 4) is 11.5 Å². The minimum Gasteiger partial charge on any atom is -0.497 e. The molecule has 4 rings (SSSR count). The van der Waals surface area contributed by atoms with Crippen LogP contribution in [0.4, 0.5) is 5.69 Å². The summed E-state index contributed by atoms with van der Waals surface area (Å²) in [7, 11) is 1.58. The molecule has 0 saturated carbocycles. The van der Waals surface area contributed by atoms with Gasteiger partial charge in [-0.25, -0.2) is 4.79 Å². The Hall–Kier alpha value is -5.05. The zero-order valence-corrected chi connectivity index (χ0v) is 22.4. The molecule has 206 valence electrons. The number of benzene rings is 3. The van der Waals surface area contributed by atoms with Gasteiger partial charge in [-0.2, -0.15) is 0 Å². The van der Waals surface area contributed by atoms with Crippen LogP contribution in [-0.2, 0) is 16.1 Å². The third-order valence-corrected chi connectivity index (χ3v) is 6.06. The van der Waals surface area contributed by atoms with Crippen molar-refractivity contribution in [3.63, 3.8) is 0 Å². The number of para-hydroxylation sites is 1. The highest BCUT2D eigenvalue weighted by Gasteiger charge is 2.20. The maximum Gasteiger partial charge on any atom is 0.342 e. The second-order valence-electron chi connectivity index (χ2n) is 8.92. The maximum atomic E-state index is 12.9. The monoisotopic (exact) mass is 542 g/mol. The van der Waals surface area contributed by atoms with Gasteiger partial charge in [-0.05, 0) is 61.9 Å². The average Bonchev–Trinajstić information content (AvgIpc) is 3.36. The number of methoxy groups -OCH3 is 1. The number of carbonyl (C=O) groups is 3. The summed E-state index contributed by atoms with van der Waals surface area (Å²) in [4.78, 5) is 38.1. The van der Waals surface area contributed by atoms with Gasteiger partial charge in [0.2, 0.25) is 0 Å². The van der Waals surface area contributed by atoms with Crippen molar-refractivity contribution >= 4 is 23.5 Å². The number of furan rings is 1. The molecule has 0 bridgehead atoms. The van der Waals surface area contributed by atoms with Gasteiger partial charge in [0.05, 0.1) is 24.4 Å². The summed E-state index contributed by atoms with van der Waals surface area (Å²) in [6.45, 7) is 3.06. The SMILES string of the molecule is COc1ccc(OCc2cc(C(=O)OCC(=O)Nc3ccccc3C(=O)N[C@H](C)c3ccccc3)c(C)o2)cc1. The molecule has 2 amide bonds. The first-order chi connectivity index (χ1) is 19.3. The van der Waals surface area contributed by atoms with E-state index in [1.165, 1.54) is 6.07 Å². The molecule has 0 saturated heterocycles. The molecular formula is C31H30N2O7. The van der Waals surface area contributed by atoms with Crippen molar-refractivity contribution < 1.29 is 33.0 Å². The highest BCUT2D eigenvalue weighted by molar-refractivity contribution is 6.04. The van der Waals surface area contributed by atoms with Crippen molar-refractivity contribution in [2.45, 2.75) is 26.5 Å². The van der Waals surface area contributed by atoms with Crippen LogP contribution in [-0.4, -0.2) is 31.5 Å². The Morgan fingerprint density at radius 2 is 1.55 bits per heavy atom. The van der Waals surface area contributed by atoms with E-state index in [0.29, 0.717) is 28.7 Å². The summed E-state index contributed by atoms with van der Waals surface area (Å²) >= 11 is 0. The molecule has 0 aliphatic carbocycles. The number of esters is 1. The molecule has 9 heteroatoms. The predicted octanol–water partition coefficient (Wildman–Crippen LogP) is 5.46. The van der Waals surface area contributed by atoms with Gasteiger partial charge in [-0.1, -0.05) is 42.5 Å². The minimum atomic E-state index is -0.713. The van der Waals surface area contributed by atoms with Crippen LogP contribution in [0.25, 0.3) is 0 Å². The first kappa shape index (κ1) is 28.0. The second kappa shape index (κ2) is 13.1. The molecule has 40 heavy (non-hydrogen) atoms. The van der Waals surface area contributed by atoms with E-state index in [2.05, 4.69) is 10.6 Å². The topological polar surface area (TPSA) is 116 Å². The lowest BCUT2D eigenvalue weighted by Crippen LogP contribution is -2.28. The Bertz CT molecular complexity index is 1460. The standard InChI is InChI=1S/C31H30N2O7/c1-20(22-9-5-4-6-10-22)32-30(35)26-11-7-8-12-28(26)33-29(34)19-39-31(36)27-17-25(40-21(27)2)18-38-24-15-13-23(37-3)14-16-24/h4-17,20H,18-19H2,1-3H3,(H,32,35)(H,33,34)/t20-/m1/s1. The number of hydrogen-bond acceptors (Lipinski definition) is 7. The lowest BCUT2D eigenvalue weighted by atomic mass is 10.1. The van der Waals surface area contributed by atoms with Gasteiger partial charge in [0.1, 0.15) is 35.2 Å². The highest BCUT2D eigenvalue weighted by atomic mass is 16.5. The summed E-state index contributed by atoms with van der Waals surface area (Å²) in [6, 6.07) is 24.5. The zero-order valence-electron chi connectivity index (χ0n) is 22.4. The minimum absolute atomic E-state index is 0.0999. The molecule has 0 fully saturated rings. The molecule has 1 heterocycles. The van der Waals surface area contributed by atoms with Crippen LogP contribution < -0.4 is 20.1 Å². The molecule has 2 N–H and O–H groups in total. The van der Waals surface area contributed by atoms with Crippen LogP contribution in [0.1, 0.15) is 50.8 Å². The van der Waals surface area contributed by atoms with E-state index >= 15 is 0 Å². The first-order valence-corrected chi connectivity index (χ1v) is 12.6. The Balaban J connectivity index is 1.30. The summed E-state index contributed by atoms with van der Waals surface area (Å²) in [5, 5.41) is 5.58. The fraction of sp³-hybridized carbons (Fsp3) is 0.194. The van der Waals surface area contributed by atoms with Crippen molar-refractivity contribution in [3.05, 3.63) is 113 Å². The molecule has 4 aromatic rings. The third-order valence-electron chi connectivity index (χ3n) is 6.06. The second-order valence-corrected chi connectivity index (χ2v) is 8.92. The van der Waals surface area contributed by atoms with Crippen LogP contribution in [0.15, 0.2) is 89.3 Å². The quantitative estimate of drug-likeness (QED) is 0.242. The number of anilines is 1. The molecule has 0 spiro atoms. The predicted molar refractivity (Wildman–Crippen MR) is 148 cm³/mol. The zero-order chi connectivity index (χ0) is 28.5. The van der Waals surface area contributed by atoms with E-state index < -0.39 is 18.5 Å². The van der Waals surface area contributed by atoms with E-state index in [-0.39, 0.29) is 29.7 Å². The lowest BCUT2D eigenvalue weighted by Gasteiger charge is -2.16. The van der Waals surface area contributed by atoms with E-state index in [4.69, 9.17) is 18.6 Å². The maximum absolute atomic E-state index is 12.9. The summed E-state index contributed by atoms with van der Waals surface area (Å²) < 4.78 is 21.6. The van der Waals surface area contributed by atoms with Gasteiger partial charge < -0.3 is 29.3 Å². The number of hydrogen-bond donors (Lipinski definition) is 2. The number of ether oxygens (including phenoxy) is 3. The van der Waals surface area contributed by atoms with Crippen molar-refractivity contribution in [2.75, 3.05) is 19.0 Å². The van der Waals surface area contributed by atoms with Crippen LogP contribution in [0.5, 0.6) is 11.5 Å². The Morgan fingerprint density at radius 3 is 2.27 bits per heavy atom. The van der Waals surface area contributed by atoms with Crippen molar-refractivity contribution in [1.82, 2.24) is 5.32 Å². The molecule has 0 aliphatic heterocycles. The van der Waals surface area contributed by atoms with Gasteiger partial charge in [-0.3, -0.25) is 9.59 Å². The molecule has 3 aromatic carbocycles. The number of aryl methyl sites for hydroxylation is 1. The van der Waals surface area contributed by atoms with E-state index in [1.54, 1.807) is 62.6 Å². The van der Waals surface area contributed by atoms with E-state index in [9.17, 15) is 14.4 Å². The average molecular weight is 543 g/mol. The fourth-order valence-corrected chi connectivity index (χ4v) is 3.93. The smallest absolute Gasteiger partial charge is 0.342 e. The van der Waals surface area contributed by atoms with Gasteiger partial charge in [-0.15, -0.1) is 0 Å². The number of nitrogens with one attached hydrogen (secondary N) is 2. The third kappa shape index (κ3) is 7.28. The largest absolute Gasteiger partial charge is 0.497 e. The molecule has 1 aromatic heterocycles. The molecule has 1 atom stereocenters. The Morgan fingerprint density at radius 1 is 0.875 bits per heavy atom. The summed E-state index contributed by atoms with van der Waals surface area (Å²) in [6.07, 6.45) is 0. The number of rotatable bonds is 11. The van der Waals surface area contributed by atoms with Crippen molar-refractivity contribution in [1.29, 1.82) is 0 Å². The molecule has 0 unspecified atom stereocenters. The lowest BCUT2D eigenvalue weighted by molar-refractivity contribution is -0.119. The van der Waals surface area contributed by atoms with Gasteiger partial charge in [0.25, 0.3) is 11.8 Å². The number of carbonyl (C=O) groups excluding carboxylic acids is 3. The molecule has 0 aliphatic rings. The van der Waals surface area contributed by atoms with Gasteiger partial charge in [0, 0.05) is 0 Å². The fourth-order valence-electron chi connectivity index (χ4n) is 3.93. The van der Waals surface area contributed by atoms with Gasteiger partial charge >= 0.3 is 5.97 Å². The van der Waals surface area contributed by atoms with Crippen LogP contribution in [0.2, 0.25) is 0 Å². The molecule has 9 nitrogen and oxygen atoms in total. The first-order valence-electron chi connectivity index (χ1n) is 12.6. The highest BCUT2D eigenvalue weighted by Crippen LogP contribution is 2.21. The normalized spacial score (nSPS) is 11.3.